The Hall–Kier alpha value is -0.790. The van der Waals surface area contributed by atoms with Crippen LogP contribution in [0.3, 0.4) is 0 Å². The molecular formula is C13H18ClN. The molecule has 0 bridgehead atoms. The summed E-state index contributed by atoms with van der Waals surface area (Å²) in [6.45, 7) is 5.15. The fourth-order valence-corrected chi connectivity index (χ4v) is 1.57. The molecule has 15 heavy (non-hydrogen) atoms. The molecule has 0 aliphatic carbocycles. The van der Waals surface area contributed by atoms with E-state index >= 15 is 0 Å². The summed E-state index contributed by atoms with van der Waals surface area (Å²) in [6.07, 6.45) is 4.01. The van der Waals surface area contributed by atoms with Crippen molar-refractivity contribution < 1.29 is 0 Å². The molecule has 2 heteroatoms. The number of allylic oxidation sites excluding steroid dienone is 1. The number of aryl methyl sites for hydroxylation is 1. The van der Waals surface area contributed by atoms with Crippen molar-refractivity contribution in [2.75, 3.05) is 12.4 Å². The van der Waals surface area contributed by atoms with Crippen LogP contribution in [0.5, 0.6) is 0 Å². The smallest absolute Gasteiger partial charge is 0.0404 e. The van der Waals surface area contributed by atoms with Crippen LogP contribution in [0.2, 0.25) is 0 Å². The van der Waals surface area contributed by atoms with E-state index in [1.165, 1.54) is 11.1 Å². The molecular weight excluding hydrogens is 206 g/mol. The molecule has 0 unspecified atom stereocenters. The van der Waals surface area contributed by atoms with Crippen molar-refractivity contribution >= 4 is 11.6 Å². The van der Waals surface area contributed by atoms with E-state index in [0.29, 0.717) is 11.9 Å². The maximum Gasteiger partial charge on any atom is 0.0404 e. The van der Waals surface area contributed by atoms with Crippen molar-refractivity contribution in [1.29, 1.82) is 0 Å². The Morgan fingerprint density at radius 2 is 2.20 bits per heavy atom. The summed E-state index contributed by atoms with van der Waals surface area (Å²) in [7, 11) is 0. The number of hydrogen-bond acceptors (Lipinski definition) is 1. The zero-order valence-corrected chi connectivity index (χ0v) is 10.1. The van der Waals surface area contributed by atoms with Crippen molar-refractivity contribution in [3.8, 4) is 0 Å². The fraction of sp³-hybridized carbons (Fsp3) is 0.385. The van der Waals surface area contributed by atoms with Crippen LogP contribution in [0.15, 0.2) is 36.4 Å². The first-order valence-electron chi connectivity index (χ1n) is 5.25. The Labute approximate surface area is 97.1 Å². The van der Waals surface area contributed by atoms with Crippen LogP contribution in [-0.4, -0.2) is 12.4 Å². The molecule has 0 saturated carbocycles. The molecule has 1 nitrogen and oxygen atoms in total. The summed E-state index contributed by atoms with van der Waals surface area (Å²) < 4.78 is 0. The van der Waals surface area contributed by atoms with Gasteiger partial charge in [0.25, 0.3) is 0 Å². The van der Waals surface area contributed by atoms with Gasteiger partial charge in [0.15, 0.2) is 0 Å². The summed E-state index contributed by atoms with van der Waals surface area (Å²) in [5, 5.41) is 3.42. The fourth-order valence-electron chi connectivity index (χ4n) is 1.45. The first kappa shape index (κ1) is 12.3. The molecule has 0 aliphatic rings. The van der Waals surface area contributed by atoms with Gasteiger partial charge >= 0.3 is 0 Å². The summed E-state index contributed by atoms with van der Waals surface area (Å²) >= 11 is 5.54. The zero-order chi connectivity index (χ0) is 11.1. The Kier molecular flexibility index (Phi) is 5.44. The molecule has 0 heterocycles. The average molecular weight is 224 g/mol. The quantitative estimate of drug-likeness (QED) is 0.596. The Bertz CT molecular complexity index is 320. The van der Waals surface area contributed by atoms with E-state index in [9.17, 15) is 0 Å². The van der Waals surface area contributed by atoms with E-state index in [1.54, 1.807) is 0 Å². The first-order chi connectivity index (χ1) is 7.24. The molecule has 0 spiro atoms. The highest BCUT2D eigenvalue weighted by Gasteiger charge is 2.02. The Balaban J connectivity index is 2.46. The second-order valence-corrected chi connectivity index (χ2v) is 3.98. The largest absolute Gasteiger partial charge is 0.307 e. The van der Waals surface area contributed by atoms with E-state index in [2.05, 4.69) is 49.5 Å². The van der Waals surface area contributed by atoms with Crippen LogP contribution in [0.4, 0.5) is 0 Å². The third kappa shape index (κ3) is 4.50. The van der Waals surface area contributed by atoms with Crippen molar-refractivity contribution in [1.82, 2.24) is 5.32 Å². The molecule has 1 atom stereocenters. The van der Waals surface area contributed by atoms with Crippen molar-refractivity contribution in [2.45, 2.75) is 19.9 Å². The minimum absolute atomic E-state index is 0.380. The molecule has 82 valence electrons. The van der Waals surface area contributed by atoms with Gasteiger partial charge in [-0.3, -0.25) is 0 Å². The molecule has 1 aromatic carbocycles. The summed E-state index contributed by atoms with van der Waals surface area (Å²) in [4.78, 5) is 0. The van der Waals surface area contributed by atoms with Gasteiger partial charge in [0, 0.05) is 18.5 Å². The van der Waals surface area contributed by atoms with Gasteiger partial charge in [0.2, 0.25) is 0 Å². The SMILES string of the molecule is Cc1cccc([C@H](C)NC/C=C/CCl)c1. The van der Waals surface area contributed by atoms with Gasteiger partial charge in [0.05, 0.1) is 0 Å². The summed E-state index contributed by atoms with van der Waals surface area (Å²) in [5.74, 6) is 0.584. The Morgan fingerprint density at radius 1 is 1.40 bits per heavy atom. The van der Waals surface area contributed by atoms with Crippen LogP contribution in [0.1, 0.15) is 24.1 Å². The minimum Gasteiger partial charge on any atom is -0.307 e. The van der Waals surface area contributed by atoms with Crippen LogP contribution >= 0.6 is 11.6 Å². The number of halogens is 1. The lowest BCUT2D eigenvalue weighted by molar-refractivity contribution is 0.617. The van der Waals surface area contributed by atoms with Gasteiger partial charge in [-0.25, -0.2) is 0 Å². The van der Waals surface area contributed by atoms with Crippen LogP contribution < -0.4 is 5.32 Å². The lowest BCUT2D eigenvalue weighted by Crippen LogP contribution is -2.18. The third-order valence-electron chi connectivity index (χ3n) is 2.34. The first-order valence-corrected chi connectivity index (χ1v) is 5.78. The van der Waals surface area contributed by atoms with Gasteiger partial charge in [-0.15, -0.1) is 11.6 Å². The third-order valence-corrected chi connectivity index (χ3v) is 2.52. The second-order valence-electron chi connectivity index (χ2n) is 3.67. The molecule has 1 rings (SSSR count). The van der Waals surface area contributed by atoms with Crippen LogP contribution in [-0.2, 0) is 0 Å². The van der Waals surface area contributed by atoms with Gasteiger partial charge in [0.1, 0.15) is 0 Å². The van der Waals surface area contributed by atoms with E-state index in [1.807, 2.05) is 6.08 Å². The Morgan fingerprint density at radius 3 is 2.87 bits per heavy atom. The molecule has 0 aromatic heterocycles. The maximum atomic E-state index is 5.54. The molecule has 0 amide bonds. The van der Waals surface area contributed by atoms with E-state index < -0.39 is 0 Å². The molecule has 1 N–H and O–H groups in total. The number of benzene rings is 1. The highest BCUT2D eigenvalue weighted by Crippen LogP contribution is 2.13. The predicted molar refractivity (Wildman–Crippen MR) is 67.5 cm³/mol. The highest BCUT2D eigenvalue weighted by atomic mass is 35.5. The van der Waals surface area contributed by atoms with Crippen LogP contribution in [0.25, 0.3) is 0 Å². The highest BCUT2D eigenvalue weighted by molar-refractivity contribution is 6.18. The van der Waals surface area contributed by atoms with Gasteiger partial charge in [-0.2, -0.15) is 0 Å². The molecule has 0 aliphatic heterocycles. The number of nitrogens with one attached hydrogen (secondary N) is 1. The van der Waals surface area contributed by atoms with E-state index in [4.69, 9.17) is 11.6 Å². The van der Waals surface area contributed by atoms with Crippen molar-refractivity contribution in [2.24, 2.45) is 0 Å². The second kappa shape index (κ2) is 6.65. The monoisotopic (exact) mass is 223 g/mol. The summed E-state index contributed by atoms with van der Waals surface area (Å²) in [5.41, 5.74) is 2.63. The lowest BCUT2D eigenvalue weighted by Gasteiger charge is -2.13. The topological polar surface area (TPSA) is 12.0 Å². The molecule has 0 radical (unpaired) electrons. The number of hydrogen-bond donors (Lipinski definition) is 1. The number of alkyl halides is 1. The molecule has 1 aromatic rings. The minimum atomic E-state index is 0.380. The molecule has 0 fully saturated rings. The predicted octanol–water partition coefficient (Wildman–Crippen LogP) is 3.44. The van der Waals surface area contributed by atoms with E-state index in [0.717, 1.165) is 6.54 Å². The maximum absolute atomic E-state index is 5.54. The average Bonchev–Trinajstić information content (AvgIpc) is 2.24. The zero-order valence-electron chi connectivity index (χ0n) is 9.33. The standard InChI is InChI=1S/C13H18ClN/c1-11-6-5-7-13(10-11)12(2)15-9-4-3-8-14/h3-7,10,12,15H,8-9H2,1-2H3/b4-3+/t12-/m0/s1. The van der Waals surface area contributed by atoms with Crippen molar-refractivity contribution in [3.63, 3.8) is 0 Å². The lowest BCUT2D eigenvalue weighted by atomic mass is 10.1. The van der Waals surface area contributed by atoms with Gasteiger partial charge < -0.3 is 5.32 Å². The number of rotatable bonds is 5. The van der Waals surface area contributed by atoms with E-state index in [-0.39, 0.29) is 0 Å². The van der Waals surface area contributed by atoms with Crippen LogP contribution in [0, 0.1) is 6.92 Å². The van der Waals surface area contributed by atoms with Crippen molar-refractivity contribution in [3.05, 3.63) is 47.5 Å². The summed E-state index contributed by atoms with van der Waals surface area (Å²) in [6, 6.07) is 8.95. The van der Waals surface area contributed by atoms with Gasteiger partial charge in [-0.1, -0.05) is 42.0 Å². The molecule has 0 saturated heterocycles. The van der Waals surface area contributed by atoms with Gasteiger partial charge in [-0.05, 0) is 19.4 Å². The normalized spacial score (nSPS) is 13.3.